The molecule has 4 heteroatoms. The first-order valence-corrected chi connectivity index (χ1v) is 7.63. The number of hydrogen-bond donors (Lipinski definition) is 1. The molecule has 1 N–H and O–H groups in total. The quantitative estimate of drug-likeness (QED) is 0.869. The number of unbranched alkanes of at least 4 members (excludes halogenated alkanes) is 1. The molecular formula is C17H23N3O. The predicted molar refractivity (Wildman–Crippen MR) is 85.2 cm³/mol. The second-order valence-electron chi connectivity index (χ2n) is 5.25. The molecule has 0 saturated heterocycles. The van der Waals surface area contributed by atoms with Crippen LogP contribution in [0.5, 0.6) is 0 Å². The third-order valence-corrected chi connectivity index (χ3v) is 3.65. The summed E-state index contributed by atoms with van der Waals surface area (Å²) in [4.78, 5) is 16.4. The summed E-state index contributed by atoms with van der Waals surface area (Å²) in [6.07, 6.45) is 11.5. The minimum absolute atomic E-state index is 0.0620. The van der Waals surface area contributed by atoms with Gasteiger partial charge in [-0.1, -0.05) is 32.8 Å². The number of rotatable bonds is 6. The van der Waals surface area contributed by atoms with E-state index >= 15 is 0 Å². The monoisotopic (exact) mass is 285 g/mol. The average molecular weight is 285 g/mol. The van der Waals surface area contributed by atoms with E-state index < -0.39 is 0 Å². The van der Waals surface area contributed by atoms with E-state index in [0.717, 1.165) is 36.8 Å². The summed E-state index contributed by atoms with van der Waals surface area (Å²) in [5.41, 5.74) is 2.02. The lowest BCUT2D eigenvalue weighted by Gasteiger charge is -2.16. The van der Waals surface area contributed by atoms with E-state index in [1.54, 1.807) is 23.2 Å². The van der Waals surface area contributed by atoms with Crippen molar-refractivity contribution < 1.29 is 4.79 Å². The van der Waals surface area contributed by atoms with Crippen molar-refractivity contribution in [3.63, 3.8) is 0 Å². The topological polar surface area (TPSA) is 46.9 Å². The average Bonchev–Trinajstić information content (AvgIpc) is 3.02. The molecule has 0 radical (unpaired) electrons. The van der Waals surface area contributed by atoms with Crippen molar-refractivity contribution in [2.45, 2.75) is 45.6 Å². The molecule has 0 aliphatic rings. The molecule has 0 spiro atoms. The Labute approximate surface area is 126 Å². The summed E-state index contributed by atoms with van der Waals surface area (Å²) < 4.78 is 1.61. The molecular weight excluding hydrogens is 262 g/mol. The Hall–Kier alpha value is -2.10. The van der Waals surface area contributed by atoms with Crippen LogP contribution in [-0.4, -0.2) is 21.6 Å². The van der Waals surface area contributed by atoms with E-state index in [4.69, 9.17) is 0 Å². The third-order valence-electron chi connectivity index (χ3n) is 3.65. The highest BCUT2D eigenvalue weighted by Gasteiger charge is 2.12. The van der Waals surface area contributed by atoms with Gasteiger partial charge in [0, 0.05) is 42.0 Å². The molecule has 0 aliphatic carbocycles. The van der Waals surface area contributed by atoms with Crippen LogP contribution in [0.2, 0.25) is 0 Å². The second-order valence-corrected chi connectivity index (χ2v) is 5.25. The van der Waals surface area contributed by atoms with Gasteiger partial charge in [0.25, 0.3) is 0 Å². The molecule has 0 fully saturated rings. The smallest absolute Gasteiger partial charge is 0.325 e. The maximum Gasteiger partial charge on any atom is 0.325 e. The van der Waals surface area contributed by atoms with Crippen LogP contribution in [0, 0.1) is 0 Å². The van der Waals surface area contributed by atoms with Gasteiger partial charge < -0.3 is 5.32 Å². The molecule has 2 heterocycles. The first-order chi connectivity index (χ1) is 10.2. The summed E-state index contributed by atoms with van der Waals surface area (Å²) in [5.74, 6) is 0. The number of amides is 1. The first kappa shape index (κ1) is 15.3. The highest BCUT2D eigenvalue weighted by molar-refractivity contribution is 5.79. The van der Waals surface area contributed by atoms with Gasteiger partial charge in [0.05, 0.1) is 0 Å². The lowest BCUT2D eigenvalue weighted by Crippen LogP contribution is -2.36. The van der Waals surface area contributed by atoms with Gasteiger partial charge >= 0.3 is 6.03 Å². The third kappa shape index (κ3) is 4.18. The van der Waals surface area contributed by atoms with Crippen LogP contribution < -0.4 is 5.32 Å². The summed E-state index contributed by atoms with van der Waals surface area (Å²) in [6, 6.07) is 6.00. The van der Waals surface area contributed by atoms with E-state index in [2.05, 4.69) is 24.1 Å². The summed E-state index contributed by atoms with van der Waals surface area (Å²) in [7, 11) is 0. The molecule has 1 unspecified atom stereocenters. The molecule has 1 amide bonds. The minimum Gasteiger partial charge on any atom is -0.335 e. The number of aromatic nitrogens is 2. The zero-order chi connectivity index (χ0) is 15.1. The summed E-state index contributed by atoms with van der Waals surface area (Å²) in [6.45, 7) is 4.28. The van der Waals surface area contributed by atoms with Crippen molar-refractivity contribution in [2.75, 3.05) is 0 Å². The maximum absolute atomic E-state index is 12.3. The van der Waals surface area contributed by atoms with E-state index in [-0.39, 0.29) is 12.1 Å². The van der Waals surface area contributed by atoms with Crippen molar-refractivity contribution in [2.24, 2.45) is 0 Å². The Bertz CT molecular complexity index is 562. The van der Waals surface area contributed by atoms with Crippen LogP contribution in [0.3, 0.4) is 0 Å². The Kier molecular flexibility index (Phi) is 5.55. The normalized spacial score (nSPS) is 12.1. The largest absolute Gasteiger partial charge is 0.335 e. The summed E-state index contributed by atoms with van der Waals surface area (Å²) in [5, 5.41) is 3.09. The Morgan fingerprint density at radius 2 is 2.19 bits per heavy atom. The van der Waals surface area contributed by atoms with Gasteiger partial charge in [0.2, 0.25) is 0 Å². The predicted octanol–water partition coefficient (Wildman–Crippen LogP) is 4.08. The van der Waals surface area contributed by atoms with E-state index in [1.165, 1.54) is 0 Å². The number of nitrogens with zero attached hydrogens (tertiary/aromatic N) is 2. The second kappa shape index (κ2) is 7.62. The highest BCUT2D eigenvalue weighted by atomic mass is 16.2. The maximum atomic E-state index is 12.3. The van der Waals surface area contributed by atoms with E-state index in [9.17, 15) is 4.79 Å². The van der Waals surface area contributed by atoms with Crippen LogP contribution in [-0.2, 0) is 0 Å². The molecule has 0 aliphatic heterocycles. The van der Waals surface area contributed by atoms with Crippen LogP contribution in [0.1, 0.15) is 39.5 Å². The van der Waals surface area contributed by atoms with Crippen LogP contribution in [0.25, 0.3) is 11.1 Å². The zero-order valence-corrected chi connectivity index (χ0v) is 12.7. The minimum atomic E-state index is -0.0620. The van der Waals surface area contributed by atoms with Gasteiger partial charge in [-0.3, -0.25) is 9.55 Å². The Morgan fingerprint density at radius 1 is 1.33 bits per heavy atom. The molecule has 112 valence electrons. The number of carbonyl (C=O) groups is 1. The van der Waals surface area contributed by atoms with Gasteiger partial charge in [-0.05, 0) is 25.0 Å². The molecule has 2 aromatic heterocycles. The molecule has 0 bridgehead atoms. The zero-order valence-electron chi connectivity index (χ0n) is 12.7. The standard InChI is InChI=1S/C17H23N3O/c1-3-5-8-16(4-2)19-17(21)20-11-9-15(13-20)14-7-6-10-18-12-14/h6-7,9-13,16H,3-5,8H2,1-2H3,(H,19,21). The summed E-state index contributed by atoms with van der Waals surface area (Å²) >= 11 is 0. The fourth-order valence-electron chi connectivity index (χ4n) is 2.31. The van der Waals surface area contributed by atoms with Gasteiger partial charge in [-0.25, -0.2) is 4.79 Å². The van der Waals surface area contributed by atoms with Crippen molar-refractivity contribution in [3.8, 4) is 11.1 Å². The van der Waals surface area contributed by atoms with E-state index in [1.807, 2.05) is 24.4 Å². The van der Waals surface area contributed by atoms with Crippen molar-refractivity contribution in [3.05, 3.63) is 43.0 Å². The molecule has 2 rings (SSSR count). The van der Waals surface area contributed by atoms with E-state index in [0.29, 0.717) is 0 Å². The first-order valence-electron chi connectivity index (χ1n) is 7.63. The fourth-order valence-corrected chi connectivity index (χ4v) is 2.31. The molecule has 0 saturated carbocycles. The number of nitrogens with one attached hydrogen (secondary N) is 1. The highest BCUT2D eigenvalue weighted by Crippen LogP contribution is 2.18. The van der Waals surface area contributed by atoms with Crippen molar-refractivity contribution >= 4 is 6.03 Å². The van der Waals surface area contributed by atoms with Crippen LogP contribution in [0.15, 0.2) is 43.0 Å². The fraction of sp³-hybridized carbons (Fsp3) is 0.412. The molecule has 4 nitrogen and oxygen atoms in total. The number of hydrogen-bond acceptors (Lipinski definition) is 2. The molecule has 21 heavy (non-hydrogen) atoms. The SMILES string of the molecule is CCCCC(CC)NC(=O)n1ccc(-c2cccnc2)c1. The lowest BCUT2D eigenvalue weighted by atomic mass is 10.1. The molecule has 0 aromatic carbocycles. The Morgan fingerprint density at radius 3 is 2.86 bits per heavy atom. The van der Waals surface area contributed by atoms with Crippen molar-refractivity contribution in [1.82, 2.24) is 14.9 Å². The lowest BCUT2D eigenvalue weighted by molar-refractivity contribution is 0.237. The van der Waals surface area contributed by atoms with Crippen LogP contribution in [0.4, 0.5) is 4.79 Å². The number of carbonyl (C=O) groups excluding carboxylic acids is 1. The van der Waals surface area contributed by atoms with Gasteiger partial charge in [0.15, 0.2) is 0 Å². The molecule has 1 atom stereocenters. The van der Waals surface area contributed by atoms with Crippen molar-refractivity contribution in [1.29, 1.82) is 0 Å². The van der Waals surface area contributed by atoms with Gasteiger partial charge in [-0.2, -0.15) is 0 Å². The van der Waals surface area contributed by atoms with Gasteiger partial charge in [0.1, 0.15) is 0 Å². The van der Waals surface area contributed by atoms with Gasteiger partial charge in [-0.15, -0.1) is 0 Å². The molecule has 2 aromatic rings. The van der Waals surface area contributed by atoms with Crippen LogP contribution >= 0.6 is 0 Å². The Balaban J connectivity index is 2.02. The number of pyridine rings is 1.